The van der Waals surface area contributed by atoms with Gasteiger partial charge < -0.3 is 15.1 Å². The van der Waals surface area contributed by atoms with Crippen LogP contribution in [-0.2, 0) is 0 Å². The van der Waals surface area contributed by atoms with Crippen LogP contribution in [0.5, 0.6) is 0 Å². The molecular weight excluding hydrogens is 314 g/mol. The van der Waals surface area contributed by atoms with Gasteiger partial charge in [0, 0.05) is 24.5 Å². The van der Waals surface area contributed by atoms with Crippen molar-refractivity contribution in [3.8, 4) is 11.5 Å². The second kappa shape index (κ2) is 6.69. The molecule has 2 aromatic heterocycles. The van der Waals surface area contributed by atoms with Gasteiger partial charge in [-0.25, -0.2) is 4.98 Å². The van der Waals surface area contributed by atoms with E-state index in [4.69, 9.17) is 10.2 Å². The van der Waals surface area contributed by atoms with Gasteiger partial charge in [0.05, 0.1) is 17.3 Å². The number of para-hydroxylation sites is 1. The third-order valence-corrected chi connectivity index (χ3v) is 4.88. The molecule has 1 amide bonds. The van der Waals surface area contributed by atoms with Gasteiger partial charge in [0.1, 0.15) is 5.69 Å². The second-order valence-electron chi connectivity index (χ2n) is 6.43. The zero-order chi connectivity index (χ0) is 17.2. The highest BCUT2D eigenvalue weighted by atomic mass is 16.3. The van der Waals surface area contributed by atoms with Crippen LogP contribution in [0.25, 0.3) is 22.4 Å². The van der Waals surface area contributed by atoms with Crippen molar-refractivity contribution in [2.24, 2.45) is 5.73 Å². The fourth-order valence-corrected chi connectivity index (χ4v) is 3.57. The van der Waals surface area contributed by atoms with Crippen LogP contribution in [0.15, 0.2) is 53.1 Å². The number of carbonyl (C=O) groups excluding carboxylic acids is 1. The van der Waals surface area contributed by atoms with E-state index in [2.05, 4.69) is 4.98 Å². The topological polar surface area (TPSA) is 72.4 Å². The summed E-state index contributed by atoms with van der Waals surface area (Å²) in [4.78, 5) is 19.9. The number of hydrogen-bond acceptors (Lipinski definition) is 4. The first-order valence-electron chi connectivity index (χ1n) is 8.72. The standard InChI is InChI=1S/C20H21N3O2/c21-13-14-6-3-4-10-23(14)20(24)16-12-18(19-9-5-11-25-19)22-17-8-2-1-7-15(16)17/h1-2,5,7-9,11-12,14H,3-4,6,10,13,21H2. The van der Waals surface area contributed by atoms with Crippen molar-refractivity contribution in [2.45, 2.75) is 25.3 Å². The monoisotopic (exact) mass is 335 g/mol. The van der Waals surface area contributed by atoms with E-state index in [0.29, 0.717) is 23.6 Å². The number of nitrogens with two attached hydrogens (primary N) is 1. The van der Waals surface area contributed by atoms with Crippen LogP contribution >= 0.6 is 0 Å². The van der Waals surface area contributed by atoms with Crippen LogP contribution in [0.3, 0.4) is 0 Å². The van der Waals surface area contributed by atoms with E-state index >= 15 is 0 Å². The molecule has 0 aliphatic carbocycles. The first-order valence-corrected chi connectivity index (χ1v) is 8.72. The third-order valence-electron chi connectivity index (χ3n) is 4.88. The molecule has 25 heavy (non-hydrogen) atoms. The van der Waals surface area contributed by atoms with Gasteiger partial charge in [-0.2, -0.15) is 0 Å². The van der Waals surface area contributed by atoms with Gasteiger partial charge >= 0.3 is 0 Å². The molecule has 128 valence electrons. The number of pyridine rings is 1. The Bertz CT molecular complexity index is 889. The molecule has 0 bridgehead atoms. The fraction of sp³-hybridized carbons (Fsp3) is 0.300. The number of carbonyl (C=O) groups is 1. The van der Waals surface area contributed by atoms with E-state index < -0.39 is 0 Å². The normalized spacial score (nSPS) is 17.8. The SMILES string of the molecule is NCC1CCCCN1C(=O)c1cc(-c2ccco2)nc2ccccc12. The largest absolute Gasteiger partial charge is 0.463 e. The smallest absolute Gasteiger partial charge is 0.254 e. The summed E-state index contributed by atoms with van der Waals surface area (Å²) >= 11 is 0. The van der Waals surface area contributed by atoms with Crippen LogP contribution in [0, 0.1) is 0 Å². The van der Waals surface area contributed by atoms with E-state index in [0.717, 1.165) is 36.7 Å². The molecule has 0 spiro atoms. The van der Waals surface area contributed by atoms with E-state index in [-0.39, 0.29) is 11.9 Å². The maximum atomic E-state index is 13.3. The van der Waals surface area contributed by atoms with Crippen LogP contribution in [0.2, 0.25) is 0 Å². The van der Waals surface area contributed by atoms with Gasteiger partial charge in [-0.3, -0.25) is 4.79 Å². The van der Waals surface area contributed by atoms with Crippen molar-refractivity contribution in [1.29, 1.82) is 0 Å². The lowest BCUT2D eigenvalue weighted by Gasteiger charge is -2.35. The second-order valence-corrected chi connectivity index (χ2v) is 6.43. The Kier molecular flexibility index (Phi) is 4.24. The molecule has 1 aliphatic heterocycles. The Morgan fingerprint density at radius 3 is 2.92 bits per heavy atom. The van der Waals surface area contributed by atoms with Gasteiger partial charge in [0.25, 0.3) is 5.91 Å². The lowest BCUT2D eigenvalue weighted by molar-refractivity contribution is 0.0625. The molecule has 0 radical (unpaired) electrons. The summed E-state index contributed by atoms with van der Waals surface area (Å²) in [6.07, 6.45) is 4.73. The van der Waals surface area contributed by atoms with Crippen LogP contribution in [0.1, 0.15) is 29.6 Å². The van der Waals surface area contributed by atoms with Crippen molar-refractivity contribution in [3.05, 3.63) is 54.3 Å². The van der Waals surface area contributed by atoms with Gasteiger partial charge in [-0.15, -0.1) is 0 Å². The summed E-state index contributed by atoms with van der Waals surface area (Å²) in [6.45, 7) is 1.26. The molecule has 1 atom stereocenters. The molecule has 3 heterocycles. The highest BCUT2D eigenvalue weighted by Crippen LogP contribution is 2.28. The predicted molar refractivity (Wildman–Crippen MR) is 97.2 cm³/mol. The van der Waals surface area contributed by atoms with Crippen LogP contribution in [-0.4, -0.2) is 34.9 Å². The van der Waals surface area contributed by atoms with Crippen molar-refractivity contribution >= 4 is 16.8 Å². The molecule has 1 saturated heterocycles. The summed E-state index contributed by atoms with van der Waals surface area (Å²) in [5.74, 6) is 0.690. The summed E-state index contributed by atoms with van der Waals surface area (Å²) in [7, 11) is 0. The number of nitrogens with zero attached hydrogens (tertiary/aromatic N) is 2. The number of piperidine rings is 1. The third kappa shape index (κ3) is 2.91. The quantitative estimate of drug-likeness (QED) is 0.796. The number of rotatable bonds is 3. The Morgan fingerprint density at radius 2 is 2.12 bits per heavy atom. The number of hydrogen-bond donors (Lipinski definition) is 1. The minimum Gasteiger partial charge on any atom is -0.463 e. The molecule has 1 unspecified atom stereocenters. The number of amides is 1. The molecule has 1 aromatic carbocycles. The fourth-order valence-electron chi connectivity index (χ4n) is 3.57. The summed E-state index contributed by atoms with van der Waals surface area (Å²) < 4.78 is 5.48. The molecule has 0 saturated carbocycles. The molecule has 1 aliphatic rings. The number of fused-ring (bicyclic) bond motifs is 1. The average molecular weight is 335 g/mol. The Morgan fingerprint density at radius 1 is 1.24 bits per heavy atom. The maximum Gasteiger partial charge on any atom is 0.254 e. The van der Waals surface area contributed by atoms with E-state index in [1.54, 1.807) is 6.26 Å². The van der Waals surface area contributed by atoms with E-state index in [1.807, 2.05) is 47.4 Å². The molecule has 2 N–H and O–H groups in total. The van der Waals surface area contributed by atoms with Gasteiger partial charge in [-0.1, -0.05) is 18.2 Å². The van der Waals surface area contributed by atoms with Crippen LogP contribution < -0.4 is 5.73 Å². The molecule has 4 rings (SSSR count). The Balaban J connectivity index is 1.83. The predicted octanol–water partition coefficient (Wildman–Crippen LogP) is 3.45. The summed E-state index contributed by atoms with van der Waals surface area (Å²) in [5.41, 5.74) is 8.04. The number of likely N-dealkylation sites (tertiary alicyclic amines) is 1. The zero-order valence-electron chi connectivity index (χ0n) is 14.0. The Labute approximate surface area is 146 Å². The highest BCUT2D eigenvalue weighted by molar-refractivity contribution is 6.07. The number of aromatic nitrogens is 1. The van der Waals surface area contributed by atoms with Gasteiger partial charge in [-0.05, 0) is 43.5 Å². The van der Waals surface area contributed by atoms with Gasteiger partial charge in [0.15, 0.2) is 5.76 Å². The molecule has 5 heteroatoms. The van der Waals surface area contributed by atoms with E-state index in [9.17, 15) is 4.79 Å². The van der Waals surface area contributed by atoms with Crippen molar-refractivity contribution in [2.75, 3.05) is 13.1 Å². The molecular formula is C20H21N3O2. The van der Waals surface area contributed by atoms with Gasteiger partial charge in [0.2, 0.25) is 0 Å². The minimum atomic E-state index is 0.0292. The highest BCUT2D eigenvalue weighted by Gasteiger charge is 2.28. The lowest BCUT2D eigenvalue weighted by atomic mass is 9.99. The van der Waals surface area contributed by atoms with Crippen LogP contribution in [0.4, 0.5) is 0 Å². The first kappa shape index (κ1) is 15.8. The molecule has 1 fully saturated rings. The number of furan rings is 1. The summed E-state index contributed by atoms with van der Waals surface area (Å²) in [5, 5.41) is 0.865. The Hall–Kier alpha value is -2.66. The number of benzene rings is 1. The molecule has 3 aromatic rings. The zero-order valence-corrected chi connectivity index (χ0v) is 14.0. The van der Waals surface area contributed by atoms with Crippen molar-refractivity contribution in [3.63, 3.8) is 0 Å². The van der Waals surface area contributed by atoms with Crippen molar-refractivity contribution in [1.82, 2.24) is 9.88 Å². The average Bonchev–Trinajstić information content (AvgIpc) is 3.21. The first-order chi connectivity index (χ1) is 12.3. The molecule has 5 nitrogen and oxygen atoms in total. The lowest BCUT2D eigenvalue weighted by Crippen LogP contribution is -2.47. The van der Waals surface area contributed by atoms with E-state index in [1.165, 1.54) is 0 Å². The minimum absolute atomic E-state index is 0.0292. The summed E-state index contributed by atoms with van der Waals surface area (Å²) in [6, 6.07) is 13.4. The maximum absolute atomic E-state index is 13.3. The van der Waals surface area contributed by atoms with Crippen molar-refractivity contribution < 1.29 is 9.21 Å².